The minimum Gasteiger partial charge on any atom is -0.480 e. The molecule has 0 fully saturated rings. The number of benzene rings is 2. The number of hydrogen-bond acceptors (Lipinski definition) is 8. The first-order valence-corrected chi connectivity index (χ1v) is 12.8. The van der Waals surface area contributed by atoms with E-state index in [-0.39, 0.29) is 22.8 Å². The van der Waals surface area contributed by atoms with E-state index in [1.165, 1.54) is 23.5 Å². The van der Waals surface area contributed by atoms with Crippen molar-refractivity contribution in [3.8, 4) is 10.6 Å². The number of aliphatic carboxylic acids is 1. The number of hydrogen-bond donors (Lipinski definition) is 3. The van der Waals surface area contributed by atoms with Gasteiger partial charge in [0.1, 0.15) is 23.2 Å². The summed E-state index contributed by atoms with van der Waals surface area (Å²) in [7, 11) is -4.28. The lowest BCUT2D eigenvalue weighted by Gasteiger charge is -2.29. The van der Waals surface area contributed by atoms with E-state index < -0.39 is 33.0 Å². The third kappa shape index (κ3) is 5.21. The Morgan fingerprint density at radius 3 is 2.43 bits per heavy atom. The molecule has 0 amide bonds. The summed E-state index contributed by atoms with van der Waals surface area (Å²) in [5.74, 6) is -1.52. The first kappa shape index (κ1) is 24.5. The highest BCUT2D eigenvalue weighted by Crippen LogP contribution is 2.34. The van der Waals surface area contributed by atoms with E-state index in [9.17, 15) is 17.6 Å². The standard InChI is InChI=1S/C24H21FN4O4S2/c25-18-8-10-19(11-9-18)35(32,33)24(26,20-2-1-3-21(29-20)28-15-22(30)31)14-16-4-6-17(7-5-16)23-27-12-13-34-23/h1-13H,14-15,26H2,(H,28,29)(H,30,31). The molecule has 0 radical (unpaired) electrons. The van der Waals surface area contributed by atoms with Gasteiger partial charge >= 0.3 is 5.97 Å². The van der Waals surface area contributed by atoms with Crippen LogP contribution in [0.5, 0.6) is 0 Å². The topological polar surface area (TPSA) is 135 Å². The van der Waals surface area contributed by atoms with Crippen molar-refractivity contribution in [3.63, 3.8) is 0 Å². The van der Waals surface area contributed by atoms with Crippen LogP contribution in [0.1, 0.15) is 11.3 Å². The maximum Gasteiger partial charge on any atom is 0.322 e. The number of carbonyl (C=O) groups is 1. The molecule has 11 heteroatoms. The molecular formula is C24H21FN4O4S2. The van der Waals surface area contributed by atoms with Crippen LogP contribution in [0.2, 0.25) is 0 Å². The zero-order valence-electron chi connectivity index (χ0n) is 18.3. The highest BCUT2D eigenvalue weighted by Gasteiger charge is 2.44. The second-order valence-corrected chi connectivity index (χ2v) is 10.8. The summed E-state index contributed by atoms with van der Waals surface area (Å²) < 4.78 is 41.1. The number of nitrogens with zero attached hydrogens (tertiary/aromatic N) is 2. The van der Waals surface area contributed by atoms with Gasteiger partial charge in [-0.15, -0.1) is 11.3 Å². The van der Waals surface area contributed by atoms with Crippen molar-refractivity contribution in [1.29, 1.82) is 0 Å². The molecule has 0 aliphatic heterocycles. The average molecular weight is 513 g/mol. The minimum atomic E-state index is -4.28. The molecule has 8 nitrogen and oxygen atoms in total. The molecule has 4 aromatic rings. The Balaban J connectivity index is 1.77. The van der Waals surface area contributed by atoms with Gasteiger partial charge in [0.05, 0.1) is 10.6 Å². The fourth-order valence-corrected chi connectivity index (χ4v) is 5.82. The van der Waals surface area contributed by atoms with Crippen LogP contribution >= 0.6 is 11.3 Å². The molecule has 2 aromatic carbocycles. The number of nitrogens with one attached hydrogen (secondary N) is 1. The number of aromatic nitrogens is 2. The molecule has 0 saturated carbocycles. The molecule has 0 bridgehead atoms. The van der Waals surface area contributed by atoms with Crippen molar-refractivity contribution in [2.45, 2.75) is 16.2 Å². The maximum atomic E-state index is 13.8. The van der Waals surface area contributed by atoms with Gasteiger partial charge in [0.25, 0.3) is 0 Å². The van der Waals surface area contributed by atoms with E-state index in [0.29, 0.717) is 5.56 Å². The molecule has 4 N–H and O–H groups in total. The number of rotatable bonds is 9. The van der Waals surface area contributed by atoms with E-state index in [1.54, 1.807) is 24.4 Å². The highest BCUT2D eigenvalue weighted by atomic mass is 32.2. The molecule has 2 aromatic heterocycles. The van der Waals surface area contributed by atoms with Crippen LogP contribution in [0.15, 0.2) is 83.2 Å². The van der Waals surface area contributed by atoms with Gasteiger partial charge in [0.15, 0.2) is 4.87 Å². The molecule has 0 aliphatic rings. The lowest BCUT2D eigenvalue weighted by atomic mass is 10.0. The van der Waals surface area contributed by atoms with Gasteiger partial charge < -0.3 is 16.2 Å². The second kappa shape index (κ2) is 9.90. The summed E-state index contributed by atoms with van der Waals surface area (Å²) >= 11 is 1.48. The van der Waals surface area contributed by atoms with Crippen molar-refractivity contribution in [3.05, 3.63) is 95.4 Å². The Morgan fingerprint density at radius 1 is 1.09 bits per heavy atom. The number of thiazole rings is 1. The molecule has 1 atom stereocenters. The summed E-state index contributed by atoms with van der Waals surface area (Å²) in [5, 5.41) is 14.3. The predicted octanol–water partition coefficient (Wildman–Crippen LogP) is 3.67. The number of carboxylic acids is 1. The molecule has 1 unspecified atom stereocenters. The fraction of sp³-hybridized carbons (Fsp3) is 0.125. The lowest BCUT2D eigenvalue weighted by Crippen LogP contribution is -2.47. The van der Waals surface area contributed by atoms with Crippen LogP contribution in [0, 0.1) is 5.82 Å². The van der Waals surface area contributed by atoms with Crippen molar-refractivity contribution in [1.82, 2.24) is 9.97 Å². The number of carboxylic acid groups (broad SMARTS) is 1. The van der Waals surface area contributed by atoms with Gasteiger partial charge in [-0.3, -0.25) is 4.79 Å². The van der Waals surface area contributed by atoms with Crippen molar-refractivity contribution in [2.24, 2.45) is 5.73 Å². The fourth-order valence-electron chi connectivity index (χ4n) is 3.52. The first-order chi connectivity index (χ1) is 16.7. The summed E-state index contributed by atoms with van der Waals surface area (Å²) in [6, 6.07) is 16.1. The monoisotopic (exact) mass is 512 g/mol. The van der Waals surface area contributed by atoms with E-state index in [2.05, 4.69) is 15.3 Å². The normalized spacial score (nSPS) is 13.2. The molecule has 0 spiro atoms. The number of pyridine rings is 1. The van der Waals surface area contributed by atoms with Crippen LogP contribution in [0.4, 0.5) is 10.2 Å². The van der Waals surface area contributed by atoms with Gasteiger partial charge in [-0.05, 0) is 42.0 Å². The van der Waals surface area contributed by atoms with Crippen LogP contribution < -0.4 is 11.1 Å². The number of nitrogens with two attached hydrogens (primary N) is 1. The lowest BCUT2D eigenvalue weighted by molar-refractivity contribution is -0.134. The first-order valence-electron chi connectivity index (χ1n) is 10.4. The van der Waals surface area contributed by atoms with Crippen LogP contribution in [0.25, 0.3) is 10.6 Å². The maximum absolute atomic E-state index is 13.8. The number of anilines is 1. The zero-order valence-corrected chi connectivity index (χ0v) is 19.9. The number of sulfone groups is 1. The number of halogens is 1. The third-order valence-electron chi connectivity index (χ3n) is 5.31. The zero-order chi connectivity index (χ0) is 25.1. The summed E-state index contributed by atoms with van der Waals surface area (Å²) in [5.41, 5.74) is 8.18. The van der Waals surface area contributed by atoms with Gasteiger partial charge in [-0.1, -0.05) is 30.3 Å². The summed E-state index contributed by atoms with van der Waals surface area (Å²) in [4.78, 5) is 17.3. The average Bonchev–Trinajstić information content (AvgIpc) is 3.38. The molecule has 2 heterocycles. The van der Waals surface area contributed by atoms with Gasteiger partial charge in [0, 0.05) is 23.6 Å². The molecule has 0 saturated heterocycles. The molecule has 180 valence electrons. The third-order valence-corrected chi connectivity index (χ3v) is 8.33. The smallest absolute Gasteiger partial charge is 0.322 e. The quantitative estimate of drug-likeness (QED) is 0.289. The van der Waals surface area contributed by atoms with E-state index in [4.69, 9.17) is 10.8 Å². The Labute approximate surface area is 205 Å². The van der Waals surface area contributed by atoms with Crippen molar-refractivity contribution < 1.29 is 22.7 Å². The van der Waals surface area contributed by atoms with Crippen LogP contribution in [-0.4, -0.2) is 36.0 Å². The Morgan fingerprint density at radius 2 is 1.80 bits per heavy atom. The highest BCUT2D eigenvalue weighted by molar-refractivity contribution is 7.92. The van der Waals surface area contributed by atoms with Gasteiger partial charge in [-0.2, -0.15) is 0 Å². The van der Waals surface area contributed by atoms with Crippen LogP contribution in [-0.2, 0) is 25.9 Å². The molecular weight excluding hydrogens is 491 g/mol. The van der Waals surface area contributed by atoms with E-state index in [0.717, 1.165) is 34.8 Å². The molecule has 4 rings (SSSR count). The Kier molecular flexibility index (Phi) is 6.92. The Bertz CT molecular complexity index is 1430. The second-order valence-electron chi connectivity index (χ2n) is 7.71. The minimum absolute atomic E-state index is 0.0150. The largest absolute Gasteiger partial charge is 0.480 e. The summed E-state index contributed by atoms with van der Waals surface area (Å²) in [6.45, 7) is -0.406. The van der Waals surface area contributed by atoms with E-state index in [1.807, 2.05) is 17.5 Å². The van der Waals surface area contributed by atoms with Crippen LogP contribution in [0.3, 0.4) is 0 Å². The molecule has 35 heavy (non-hydrogen) atoms. The summed E-state index contributed by atoms with van der Waals surface area (Å²) in [6.07, 6.45) is 1.56. The van der Waals surface area contributed by atoms with Crippen molar-refractivity contribution >= 4 is 33.0 Å². The Hall–Kier alpha value is -3.67. The molecule has 0 aliphatic carbocycles. The SMILES string of the molecule is NC(Cc1ccc(-c2nccs2)cc1)(c1cccc(NCC(=O)O)n1)S(=O)(=O)c1ccc(F)cc1. The van der Waals surface area contributed by atoms with Gasteiger partial charge in [-0.25, -0.2) is 22.8 Å². The predicted molar refractivity (Wildman–Crippen MR) is 131 cm³/mol. The van der Waals surface area contributed by atoms with Gasteiger partial charge in [0.2, 0.25) is 9.84 Å². The van der Waals surface area contributed by atoms with E-state index >= 15 is 0 Å². The van der Waals surface area contributed by atoms with Crippen molar-refractivity contribution in [2.75, 3.05) is 11.9 Å².